The fraction of sp³-hybridized carbons (Fsp3) is 0.167. The zero-order valence-corrected chi connectivity index (χ0v) is 8.25. The highest BCUT2D eigenvalue weighted by molar-refractivity contribution is 5.83. The molecule has 0 atom stereocenters. The van der Waals surface area contributed by atoms with Gasteiger partial charge in [-0.3, -0.25) is 11.3 Å². The third-order valence-corrected chi connectivity index (χ3v) is 2.37. The van der Waals surface area contributed by atoms with E-state index < -0.39 is 0 Å². The molecule has 3 N–H and O–H groups in total. The molecule has 0 unspecified atom stereocenters. The van der Waals surface area contributed by atoms with Crippen molar-refractivity contribution in [2.45, 2.75) is 13.5 Å². The van der Waals surface area contributed by atoms with E-state index in [0.29, 0.717) is 6.54 Å². The minimum Gasteiger partial charge on any atom is -0.271 e. The molecule has 14 heavy (non-hydrogen) atoms. The van der Waals surface area contributed by atoms with Crippen LogP contribution in [0.15, 0.2) is 36.4 Å². The molecule has 0 fully saturated rings. The molecule has 2 rings (SSSR count). The summed E-state index contributed by atoms with van der Waals surface area (Å²) in [7, 11) is 0. The third kappa shape index (κ3) is 1.76. The molecule has 0 radical (unpaired) electrons. The van der Waals surface area contributed by atoms with E-state index in [1.165, 1.54) is 21.9 Å². The van der Waals surface area contributed by atoms with Crippen LogP contribution in [-0.2, 0) is 6.54 Å². The van der Waals surface area contributed by atoms with E-state index >= 15 is 0 Å². The molecule has 2 aromatic carbocycles. The van der Waals surface area contributed by atoms with Crippen molar-refractivity contribution in [2.75, 3.05) is 0 Å². The summed E-state index contributed by atoms with van der Waals surface area (Å²) < 4.78 is 0. The molecular weight excluding hydrogens is 172 g/mol. The Morgan fingerprint density at radius 1 is 1.07 bits per heavy atom. The highest BCUT2D eigenvalue weighted by atomic mass is 15.2. The van der Waals surface area contributed by atoms with E-state index in [4.69, 9.17) is 5.84 Å². The first-order valence-electron chi connectivity index (χ1n) is 4.72. The van der Waals surface area contributed by atoms with Gasteiger partial charge in [0.15, 0.2) is 0 Å². The Bertz CT molecular complexity index is 449. The number of hydrazine groups is 1. The number of hydrogen-bond donors (Lipinski definition) is 2. The van der Waals surface area contributed by atoms with Crippen molar-refractivity contribution in [3.8, 4) is 0 Å². The maximum Gasteiger partial charge on any atom is 0.0348 e. The second-order valence-corrected chi connectivity index (χ2v) is 3.57. The normalized spacial score (nSPS) is 10.7. The van der Waals surface area contributed by atoms with Gasteiger partial charge in [0.2, 0.25) is 0 Å². The predicted octanol–water partition coefficient (Wildman–Crippen LogP) is 2.11. The molecule has 72 valence electrons. The van der Waals surface area contributed by atoms with Crippen LogP contribution in [0.3, 0.4) is 0 Å². The van der Waals surface area contributed by atoms with Crippen molar-refractivity contribution in [1.82, 2.24) is 5.43 Å². The van der Waals surface area contributed by atoms with Gasteiger partial charge in [-0.2, -0.15) is 0 Å². The summed E-state index contributed by atoms with van der Waals surface area (Å²) in [5, 5.41) is 2.55. The van der Waals surface area contributed by atoms with E-state index in [0.717, 1.165) is 0 Å². The highest BCUT2D eigenvalue weighted by Crippen LogP contribution is 2.17. The third-order valence-electron chi connectivity index (χ3n) is 2.37. The Labute approximate surface area is 83.7 Å². The van der Waals surface area contributed by atoms with E-state index in [-0.39, 0.29) is 0 Å². The molecular formula is C12H14N2. The molecule has 0 aliphatic rings. The van der Waals surface area contributed by atoms with E-state index in [9.17, 15) is 0 Å². The molecule has 0 heterocycles. The number of nitrogens with one attached hydrogen (secondary N) is 1. The average molecular weight is 186 g/mol. The zero-order chi connectivity index (χ0) is 9.97. The Balaban J connectivity index is 2.50. The van der Waals surface area contributed by atoms with Crippen LogP contribution in [-0.4, -0.2) is 0 Å². The Hall–Kier alpha value is -1.38. The fourth-order valence-electron chi connectivity index (χ4n) is 1.64. The Morgan fingerprint density at radius 3 is 2.57 bits per heavy atom. The summed E-state index contributed by atoms with van der Waals surface area (Å²) in [5.74, 6) is 5.28. The first-order valence-corrected chi connectivity index (χ1v) is 4.72. The summed E-state index contributed by atoms with van der Waals surface area (Å²) in [5.41, 5.74) is 5.17. The number of nitrogens with two attached hydrogens (primary N) is 1. The summed E-state index contributed by atoms with van der Waals surface area (Å²) >= 11 is 0. The molecule has 0 aromatic heterocycles. The smallest absolute Gasteiger partial charge is 0.0348 e. The SMILES string of the molecule is Cc1ccc2cc(CNN)ccc2c1. The van der Waals surface area contributed by atoms with Gasteiger partial charge in [-0.05, 0) is 29.3 Å². The number of benzene rings is 2. The van der Waals surface area contributed by atoms with Crippen molar-refractivity contribution in [1.29, 1.82) is 0 Å². The maximum absolute atomic E-state index is 5.28. The largest absolute Gasteiger partial charge is 0.271 e. The molecule has 0 spiro atoms. The lowest BCUT2D eigenvalue weighted by Crippen LogP contribution is -2.20. The molecule has 0 bridgehead atoms. The minimum absolute atomic E-state index is 0.712. The van der Waals surface area contributed by atoms with Crippen molar-refractivity contribution in [2.24, 2.45) is 5.84 Å². The van der Waals surface area contributed by atoms with E-state index in [1.807, 2.05) is 0 Å². The van der Waals surface area contributed by atoms with Crippen LogP contribution in [0.2, 0.25) is 0 Å². The van der Waals surface area contributed by atoms with Gasteiger partial charge in [0.25, 0.3) is 0 Å². The number of rotatable bonds is 2. The predicted molar refractivity (Wildman–Crippen MR) is 59.7 cm³/mol. The fourth-order valence-corrected chi connectivity index (χ4v) is 1.64. The van der Waals surface area contributed by atoms with E-state index in [1.54, 1.807) is 0 Å². The van der Waals surface area contributed by atoms with Gasteiger partial charge in [0.1, 0.15) is 0 Å². The molecule has 0 amide bonds. The van der Waals surface area contributed by atoms with Gasteiger partial charge in [-0.15, -0.1) is 0 Å². The van der Waals surface area contributed by atoms with Gasteiger partial charge < -0.3 is 0 Å². The van der Waals surface area contributed by atoms with Gasteiger partial charge in [0, 0.05) is 6.54 Å². The van der Waals surface area contributed by atoms with Crippen LogP contribution in [0.4, 0.5) is 0 Å². The minimum atomic E-state index is 0.712. The Morgan fingerprint density at radius 2 is 1.79 bits per heavy atom. The lowest BCUT2D eigenvalue weighted by molar-refractivity contribution is 0.742. The van der Waals surface area contributed by atoms with Crippen LogP contribution >= 0.6 is 0 Å². The standard InChI is InChI=1S/C12H14N2/c1-9-2-4-12-7-10(8-14-13)3-5-11(12)6-9/h2-7,14H,8,13H2,1H3. The van der Waals surface area contributed by atoms with Crippen LogP contribution in [0, 0.1) is 6.92 Å². The summed E-state index contributed by atoms with van der Waals surface area (Å²) in [4.78, 5) is 0. The zero-order valence-electron chi connectivity index (χ0n) is 8.25. The van der Waals surface area contributed by atoms with Gasteiger partial charge in [-0.1, -0.05) is 35.9 Å². The second-order valence-electron chi connectivity index (χ2n) is 3.57. The molecule has 2 heteroatoms. The van der Waals surface area contributed by atoms with Crippen molar-refractivity contribution < 1.29 is 0 Å². The molecule has 0 saturated carbocycles. The summed E-state index contributed by atoms with van der Waals surface area (Å²) in [6.07, 6.45) is 0. The highest BCUT2D eigenvalue weighted by Gasteiger charge is 1.95. The van der Waals surface area contributed by atoms with E-state index in [2.05, 4.69) is 48.7 Å². The first-order chi connectivity index (χ1) is 6.79. The quantitative estimate of drug-likeness (QED) is 0.557. The number of aryl methyl sites for hydroxylation is 1. The van der Waals surface area contributed by atoms with Crippen LogP contribution in [0.1, 0.15) is 11.1 Å². The Kier molecular flexibility index (Phi) is 2.48. The van der Waals surface area contributed by atoms with Crippen molar-refractivity contribution in [3.05, 3.63) is 47.5 Å². The van der Waals surface area contributed by atoms with Gasteiger partial charge >= 0.3 is 0 Å². The van der Waals surface area contributed by atoms with Gasteiger partial charge in [-0.25, -0.2) is 0 Å². The van der Waals surface area contributed by atoms with Crippen molar-refractivity contribution >= 4 is 10.8 Å². The topological polar surface area (TPSA) is 38.0 Å². The molecule has 0 aliphatic heterocycles. The maximum atomic E-state index is 5.28. The lowest BCUT2D eigenvalue weighted by Gasteiger charge is -2.03. The molecule has 2 nitrogen and oxygen atoms in total. The monoisotopic (exact) mass is 186 g/mol. The molecule has 0 saturated heterocycles. The van der Waals surface area contributed by atoms with Crippen molar-refractivity contribution in [3.63, 3.8) is 0 Å². The first kappa shape index (κ1) is 9.19. The molecule has 0 aliphatic carbocycles. The summed E-state index contributed by atoms with van der Waals surface area (Å²) in [6, 6.07) is 12.9. The second kappa shape index (κ2) is 3.78. The van der Waals surface area contributed by atoms with Crippen LogP contribution in [0.25, 0.3) is 10.8 Å². The number of fused-ring (bicyclic) bond motifs is 1. The lowest BCUT2D eigenvalue weighted by atomic mass is 10.0. The molecule has 2 aromatic rings. The average Bonchev–Trinajstić information content (AvgIpc) is 2.19. The summed E-state index contributed by atoms with van der Waals surface area (Å²) in [6.45, 7) is 2.82. The van der Waals surface area contributed by atoms with Gasteiger partial charge in [0.05, 0.1) is 0 Å². The van der Waals surface area contributed by atoms with Crippen LogP contribution in [0.5, 0.6) is 0 Å². The van der Waals surface area contributed by atoms with Crippen LogP contribution < -0.4 is 11.3 Å². The number of hydrogen-bond acceptors (Lipinski definition) is 2.